The van der Waals surface area contributed by atoms with Gasteiger partial charge >= 0.3 is 17.4 Å². The predicted octanol–water partition coefficient (Wildman–Crippen LogP) is 17.2. The van der Waals surface area contributed by atoms with Gasteiger partial charge in [0, 0.05) is 58.1 Å². The molecule has 0 aliphatic carbocycles. The third kappa shape index (κ3) is 9.14. The minimum absolute atomic E-state index is 0.0880. The van der Waals surface area contributed by atoms with Gasteiger partial charge in [-0.3, -0.25) is 4.57 Å². The van der Waals surface area contributed by atoms with E-state index in [-0.39, 0.29) is 16.2 Å². The number of benzene rings is 10. The van der Waals surface area contributed by atoms with Crippen LogP contribution < -0.4 is 34.6 Å². The van der Waals surface area contributed by atoms with Crippen LogP contribution in [0.4, 0.5) is 22.7 Å². The molecule has 10 aromatic carbocycles. The zero-order valence-electron chi connectivity index (χ0n) is 49.9. The van der Waals surface area contributed by atoms with E-state index in [0.717, 1.165) is 72.8 Å². The Labute approximate surface area is 499 Å². The van der Waals surface area contributed by atoms with E-state index < -0.39 is 8.07 Å². The van der Waals surface area contributed by atoms with Crippen LogP contribution in [0, 0.1) is 0 Å². The molecule has 414 valence electrons. The number of rotatable bonds is 10. The summed E-state index contributed by atoms with van der Waals surface area (Å²) < 4.78 is 16.3. The van der Waals surface area contributed by atoms with E-state index in [1.54, 1.807) is 0 Å². The summed E-state index contributed by atoms with van der Waals surface area (Å²) in [5, 5.41) is 10.0. The first-order valence-corrected chi connectivity index (χ1v) is 31.7. The van der Waals surface area contributed by atoms with Gasteiger partial charge < -0.3 is 9.30 Å². The van der Waals surface area contributed by atoms with Crippen molar-refractivity contribution in [2.75, 3.05) is 0 Å². The summed E-state index contributed by atoms with van der Waals surface area (Å²) >= 11 is 0. The summed E-state index contributed by atoms with van der Waals surface area (Å²) in [4.78, 5) is 5.12. The number of ether oxygens (including phenoxy) is 1. The Morgan fingerprint density at radius 1 is 0.376 bits per heavy atom. The van der Waals surface area contributed by atoms with Crippen molar-refractivity contribution < 1.29 is 4.74 Å². The molecule has 7 heteroatoms. The molecule has 0 unspecified atom stereocenters. The highest BCUT2D eigenvalue weighted by molar-refractivity contribution is 7.20. The van der Waals surface area contributed by atoms with E-state index in [9.17, 15) is 0 Å². The third-order valence-electron chi connectivity index (χ3n) is 17.3. The van der Waals surface area contributed by atoms with E-state index in [1.165, 1.54) is 48.2 Å². The molecule has 0 bridgehead atoms. The van der Waals surface area contributed by atoms with Crippen LogP contribution in [0.3, 0.4) is 0 Å². The molecule has 0 saturated heterocycles. The number of aromatic nitrogens is 3. The molecule has 0 amide bonds. The Kier molecular flexibility index (Phi) is 12.7. The fourth-order valence-electron chi connectivity index (χ4n) is 12.9. The molecule has 1 aliphatic heterocycles. The second-order valence-electron chi connectivity index (χ2n) is 25.9. The first-order valence-electron chi connectivity index (χ1n) is 29.7. The average Bonchev–Trinajstić information content (AvgIpc) is 1.88. The van der Waals surface area contributed by atoms with Crippen LogP contribution in [-0.2, 0) is 16.2 Å². The van der Waals surface area contributed by atoms with Crippen molar-refractivity contribution in [1.82, 2.24) is 23.3 Å². The number of hydrogen-bond donors (Lipinski definition) is 0. The lowest BCUT2D eigenvalue weighted by Crippen LogP contribution is -2.74. The molecule has 14 rings (SSSR count). The summed E-state index contributed by atoms with van der Waals surface area (Å²) in [6.07, 6.45) is 1.95. The average molecular weight is 1120 g/mol. The van der Waals surface area contributed by atoms with Crippen LogP contribution >= 0.6 is 0 Å². The van der Waals surface area contributed by atoms with Gasteiger partial charge in [-0.2, -0.15) is 0 Å². The third-order valence-corrected chi connectivity index (χ3v) is 22.1. The lowest BCUT2D eigenvalue weighted by atomic mass is 9.80. The van der Waals surface area contributed by atoms with E-state index in [4.69, 9.17) is 9.72 Å². The fraction of sp³-hybridized carbons (Fsp3) is 0.154. The van der Waals surface area contributed by atoms with Crippen LogP contribution in [0.15, 0.2) is 255 Å². The Morgan fingerprint density at radius 2 is 0.918 bits per heavy atom. The van der Waals surface area contributed by atoms with Gasteiger partial charge in [-0.1, -0.05) is 220 Å². The van der Waals surface area contributed by atoms with Gasteiger partial charge in [0.1, 0.15) is 23.0 Å². The number of hydrogen-bond acceptors (Lipinski definition) is 2. The minimum Gasteiger partial charge on any atom is -0.457 e. The predicted molar refractivity (Wildman–Crippen MR) is 360 cm³/mol. The summed E-state index contributed by atoms with van der Waals surface area (Å²) in [6, 6.07) is 95.3. The molecule has 4 heterocycles. The van der Waals surface area contributed by atoms with Crippen molar-refractivity contribution >= 4 is 101 Å². The molecule has 3 aromatic heterocycles. The monoisotopic (exact) mass is 1120 g/mol. The Bertz CT molecular complexity index is 4650. The second-order valence-corrected chi connectivity index (χ2v) is 29.7. The number of pyridine rings is 1. The van der Waals surface area contributed by atoms with E-state index in [0.29, 0.717) is 5.75 Å². The van der Waals surface area contributed by atoms with Crippen LogP contribution in [0.25, 0.3) is 55.1 Å². The van der Waals surface area contributed by atoms with Crippen LogP contribution in [-0.4, -0.2) is 28.2 Å². The van der Waals surface area contributed by atoms with Crippen molar-refractivity contribution in [2.45, 2.75) is 78.6 Å². The molecule has 0 saturated carbocycles. The topological polar surface area (TPSA) is 38.0 Å². The highest BCUT2D eigenvalue weighted by Gasteiger charge is 2.43. The minimum atomic E-state index is -2.86. The van der Waals surface area contributed by atoms with Gasteiger partial charge in [0.25, 0.3) is 0 Å². The molecule has 0 N–H and O–H groups in total. The maximum Gasteiger partial charge on any atom is 0.503 e. The summed E-state index contributed by atoms with van der Waals surface area (Å²) in [6.45, 7) is 20.6. The lowest BCUT2D eigenvalue weighted by Gasteiger charge is -2.34. The first-order chi connectivity index (χ1) is 41.0. The standard InChI is InChI=1S/C78H69N5OSi/c1-76(2,3)53-43-44-79-74(48-53)83-70-42-40-63(85(60-27-13-10-14-28-60,61-29-15-11-16-30-61)62-31-17-12-18-32-62)51-67(70)66-41-39-59(50-73(66)83)84-58-26-23-25-56(49-58)80-52-81(57-46-54(77(4,5)6)45-55(47-57)78(7,8)9)75-71(80)37-24-38-72(75)82-68-35-21-19-33-64(68)65-34-20-22-36-69(65)82/h10-51H,1-9H3/q+2. The zero-order chi connectivity index (χ0) is 58.4. The Hall–Kier alpha value is -9.65. The van der Waals surface area contributed by atoms with Gasteiger partial charge in [-0.05, 0) is 117 Å². The summed E-state index contributed by atoms with van der Waals surface area (Å²) in [5.41, 5.74) is 13.0. The molecule has 85 heavy (non-hydrogen) atoms. The van der Waals surface area contributed by atoms with Crippen molar-refractivity contribution in [2.24, 2.45) is 0 Å². The highest BCUT2D eigenvalue weighted by Crippen LogP contribution is 2.46. The molecule has 0 atom stereocenters. The summed E-state index contributed by atoms with van der Waals surface area (Å²) in [7, 11) is -2.86. The normalized spacial score (nSPS) is 13.0. The SMILES string of the molecule is CC(C)(C)c1cc([N+]2=C=[N+](c3cccc(Oc4ccc5c6cc([Si](c7ccccc7)(c7ccccc7)c7ccccc7)ccc6n(-c6cc(C(C)(C)C)ccn6)c5c4)c3)c3cccc(-n4c5ccccc5c5ccccc54)c32)cc(C(C)(C)C)c1. The van der Waals surface area contributed by atoms with E-state index in [1.807, 2.05) is 6.20 Å². The van der Waals surface area contributed by atoms with Crippen molar-refractivity contribution in [1.29, 1.82) is 0 Å². The fourth-order valence-corrected chi connectivity index (χ4v) is 17.7. The maximum atomic E-state index is 7.09. The van der Waals surface area contributed by atoms with Crippen molar-refractivity contribution in [3.8, 4) is 23.0 Å². The first kappa shape index (κ1) is 53.4. The Morgan fingerprint density at radius 3 is 1.52 bits per heavy atom. The van der Waals surface area contributed by atoms with Crippen molar-refractivity contribution in [3.05, 3.63) is 272 Å². The molecule has 0 spiro atoms. The van der Waals surface area contributed by atoms with Crippen LogP contribution in [0.5, 0.6) is 11.5 Å². The maximum absolute atomic E-state index is 7.09. The molecule has 0 fully saturated rings. The molecule has 0 radical (unpaired) electrons. The number of nitrogens with zero attached hydrogens (tertiary/aromatic N) is 5. The summed E-state index contributed by atoms with van der Waals surface area (Å²) in [5.74, 6) is 2.30. The van der Waals surface area contributed by atoms with E-state index >= 15 is 0 Å². The second kappa shape index (κ2) is 20.3. The van der Waals surface area contributed by atoms with Gasteiger partial charge in [0.05, 0.1) is 28.1 Å². The van der Waals surface area contributed by atoms with E-state index in [2.05, 4.69) is 335 Å². The quantitative estimate of drug-likeness (QED) is 0.0777. The Balaban J connectivity index is 0.941. The van der Waals surface area contributed by atoms with Gasteiger partial charge in [0.2, 0.25) is 11.4 Å². The zero-order valence-corrected chi connectivity index (χ0v) is 50.9. The smallest absolute Gasteiger partial charge is 0.457 e. The van der Waals surface area contributed by atoms with Gasteiger partial charge in [-0.15, -0.1) is 0 Å². The van der Waals surface area contributed by atoms with Crippen LogP contribution in [0.1, 0.15) is 79.0 Å². The molecular formula is C78H69N5OSi+2. The largest absolute Gasteiger partial charge is 0.503 e. The van der Waals surface area contributed by atoms with Crippen LogP contribution in [0.2, 0.25) is 0 Å². The molecule has 13 aromatic rings. The van der Waals surface area contributed by atoms with Gasteiger partial charge in [-0.25, -0.2) is 4.98 Å². The van der Waals surface area contributed by atoms with Gasteiger partial charge in [0.15, 0.2) is 8.07 Å². The van der Waals surface area contributed by atoms with Crippen molar-refractivity contribution in [3.63, 3.8) is 0 Å². The highest BCUT2D eigenvalue weighted by atomic mass is 28.3. The number of para-hydroxylation sites is 3. The molecule has 6 nitrogen and oxygen atoms in total. The number of fused-ring (bicyclic) bond motifs is 7. The lowest BCUT2D eigenvalue weighted by molar-refractivity contribution is 0.483. The molecule has 1 aliphatic rings. The molecular weight excluding hydrogens is 1050 g/mol.